The average Bonchev–Trinajstić information content (AvgIpc) is 2.40. The lowest BCUT2D eigenvalue weighted by molar-refractivity contribution is -0.790. The topological polar surface area (TPSA) is 43.2 Å². The molecule has 0 unspecified atom stereocenters. The van der Waals surface area contributed by atoms with Crippen LogP contribution in [0.5, 0.6) is 0 Å². The van der Waals surface area contributed by atoms with Crippen LogP contribution in [0.4, 0.5) is 5.69 Å². The second kappa shape index (κ2) is 4.41. The van der Waals surface area contributed by atoms with Crippen LogP contribution >= 0.6 is 0 Å². The summed E-state index contributed by atoms with van der Waals surface area (Å²) in [6, 6.07) is 17.7. The van der Waals surface area contributed by atoms with Crippen LogP contribution in [0, 0.1) is 0 Å². The normalized spacial score (nSPS) is 11.9. The first-order chi connectivity index (χ1) is 8.83. The Balaban J connectivity index is 2.32. The highest BCUT2D eigenvalue weighted by Crippen LogP contribution is 2.09. The van der Waals surface area contributed by atoms with E-state index in [0.717, 1.165) is 16.6 Å². The first kappa shape index (κ1) is 10.7. The van der Waals surface area contributed by atoms with E-state index in [1.807, 2.05) is 54.6 Å². The number of para-hydroxylation sites is 1. The molecule has 0 saturated carbocycles. The predicted octanol–water partition coefficient (Wildman–Crippen LogP) is 1.25. The van der Waals surface area contributed by atoms with Gasteiger partial charge >= 0.3 is 0 Å². The fraction of sp³-hybridized carbons (Fsp3) is 0.0714. The van der Waals surface area contributed by atoms with E-state index in [1.54, 1.807) is 11.8 Å². The molecule has 3 rings (SSSR count). The van der Waals surface area contributed by atoms with Crippen molar-refractivity contribution in [2.75, 3.05) is 0 Å². The Kier molecular flexibility index (Phi) is 2.61. The third kappa shape index (κ3) is 2.00. The summed E-state index contributed by atoms with van der Waals surface area (Å²) in [6.07, 6.45) is 0. The Morgan fingerprint density at radius 2 is 1.72 bits per heavy atom. The van der Waals surface area contributed by atoms with Gasteiger partial charge in [0.15, 0.2) is 7.05 Å². The van der Waals surface area contributed by atoms with Crippen LogP contribution in [0.15, 0.2) is 59.6 Å². The first-order valence-electron chi connectivity index (χ1n) is 5.73. The SMILES string of the molecule is C[n+]1nc2ccccc2c(=Nc2ccccc2)[n-]1. The lowest BCUT2D eigenvalue weighted by atomic mass is 10.2. The molecule has 0 aliphatic heterocycles. The minimum absolute atomic E-state index is 0.689. The number of aryl methyl sites for hydroxylation is 1. The van der Waals surface area contributed by atoms with Crippen LogP contribution in [0.1, 0.15) is 0 Å². The molecular formula is C14H12N4. The van der Waals surface area contributed by atoms with Crippen LogP contribution in [-0.4, -0.2) is 5.10 Å². The Morgan fingerprint density at radius 3 is 2.56 bits per heavy atom. The maximum Gasteiger partial charge on any atom is 0.165 e. The van der Waals surface area contributed by atoms with Gasteiger partial charge in [0.05, 0.1) is 11.0 Å². The standard InChI is InChI=1S/C14H12N4/c1-18-16-13-10-6-5-9-12(13)14(17-18)15-11-7-3-2-4-8-11/h2-10H,1H3. The molecule has 0 bridgehead atoms. The molecule has 0 spiro atoms. The number of nitrogens with zero attached hydrogens (tertiary/aromatic N) is 4. The Bertz CT molecular complexity index is 744. The van der Waals surface area contributed by atoms with Gasteiger partial charge in [-0.3, -0.25) is 0 Å². The van der Waals surface area contributed by atoms with Crippen molar-refractivity contribution in [2.24, 2.45) is 12.0 Å². The molecule has 0 N–H and O–H groups in total. The number of hydrogen-bond donors (Lipinski definition) is 0. The lowest BCUT2D eigenvalue weighted by Gasteiger charge is -2.02. The lowest BCUT2D eigenvalue weighted by Crippen LogP contribution is -2.45. The molecule has 1 aromatic heterocycles. The first-order valence-corrected chi connectivity index (χ1v) is 5.73. The second-order valence-electron chi connectivity index (χ2n) is 3.98. The van der Waals surface area contributed by atoms with Crippen LogP contribution in [0.3, 0.4) is 0 Å². The van der Waals surface area contributed by atoms with E-state index < -0.39 is 0 Å². The monoisotopic (exact) mass is 236 g/mol. The number of rotatable bonds is 1. The van der Waals surface area contributed by atoms with E-state index in [9.17, 15) is 0 Å². The van der Waals surface area contributed by atoms with Crippen molar-refractivity contribution in [1.82, 2.24) is 10.2 Å². The molecule has 2 aromatic carbocycles. The zero-order chi connectivity index (χ0) is 12.4. The van der Waals surface area contributed by atoms with Gasteiger partial charge in [-0.1, -0.05) is 53.3 Å². The molecule has 4 nitrogen and oxygen atoms in total. The molecule has 18 heavy (non-hydrogen) atoms. The van der Waals surface area contributed by atoms with Crippen molar-refractivity contribution >= 4 is 16.6 Å². The van der Waals surface area contributed by atoms with E-state index in [0.29, 0.717) is 5.49 Å². The molecule has 3 aromatic rings. The van der Waals surface area contributed by atoms with Crippen molar-refractivity contribution in [3.63, 3.8) is 0 Å². The summed E-state index contributed by atoms with van der Waals surface area (Å²) in [5.74, 6) is 0. The quantitative estimate of drug-likeness (QED) is 0.597. The molecule has 0 radical (unpaired) electrons. The number of aromatic nitrogens is 3. The van der Waals surface area contributed by atoms with Crippen molar-refractivity contribution in [3.05, 3.63) is 60.1 Å². The van der Waals surface area contributed by atoms with Gasteiger partial charge < -0.3 is 4.99 Å². The van der Waals surface area contributed by atoms with Gasteiger partial charge in [0.25, 0.3) is 0 Å². The van der Waals surface area contributed by atoms with E-state index in [4.69, 9.17) is 0 Å². The maximum atomic E-state index is 4.56. The van der Waals surface area contributed by atoms with Crippen LogP contribution in [0.25, 0.3) is 10.9 Å². The number of fused-ring (bicyclic) bond motifs is 1. The Hall–Kier alpha value is -2.49. The van der Waals surface area contributed by atoms with E-state index in [1.165, 1.54) is 0 Å². The number of hydrogen-bond acceptors (Lipinski definition) is 2. The summed E-state index contributed by atoms with van der Waals surface area (Å²) in [7, 11) is 1.80. The van der Waals surface area contributed by atoms with Crippen molar-refractivity contribution < 1.29 is 4.80 Å². The van der Waals surface area contributed by atoms with Crippen LogP contribution < -0.4 is 15.4 Å². The fourth-order valence-electron chi connectivity index (χ4n) is 1.83. The summed E-state index contributed by atoms with van der Waals surface area (Å²) >= 11 is 0. The highest BCUT2D eigenvalue weighted by molar-refractivity contribution is 5.76. The Morgan fingerprint density at radius 1 is 1.00 bits per heavy atom. The van der Waals surface area contributed by atoms with E-state index >= 15 is 0 Å². The van der Waals surface area contributed by atoms with Gasteiger partial charge in [-0.2, -0.15) is 0 Å². The van der Waals surface area contributed by atoms with E-state index in [2.05, 4.69) is 15.2 Å². The van der Waals surface area contributed by atoms with Crippen molar-refractivity contribution in [3.8, 4) is 0 Å². The summed E-state index contributed by atoms with van der Waals surface area (Å²) in [5, 5.41) is 9.62. The zero-order valence-electron chi connectivity index (χ0n) is 9.99. The summed E-state index contributed by atoms with van der Waals surface area (Å²) in [4.78, 5) is 6.10. The van der Waals surface area contributed by atoms with Gasteiger partial charge in [-0.05, 0) is 11.8 Å². The van der Waals surface area contributed by atoms with Crippen LogP contribution in [0.2, 0.25) is 0 Å². The highest BCUT2D eigenvalue weighted by atomic mass is 15.4. The van der Waals surface area contributed by atoms with Gasteiger partial charge in [0.2, 0.25) is 0 Å². The highest BCUT2D eigenvalue weighted by Gasteiger charge is 1.96. The molecule has 88 valence electrons. The largest absolute Gasteiger partial charge is 0.356 e. The van der Waals surface area contributed by atoms with Gasteiger partial charge in [-0.15, -0.1) is 10.2 Å². The van der Waals surface area contributed by atoms with Crippen LogP contribution in [-0.2, 0) is 7.05 Å². The summed E-state index contributed by atoms with van der Waals surface area (Å²) in [5.41, 5.74) is 2.47. The second-order valence-corrected chi connectivity index (χ2v) is 3.98. The van der Waals surface area contributed by atoms with Gasteiger partial charge in [0, 0.05) is 5.39 Å². The molecule has 0 amide bonds. The van der Waals surface area contributed by atoms with Gasteiger partial charge in [-0.25, -0.2) is 0 Å². The van der Waals surface area contributed by atoms with E-state index in [-0.39, 0.29) is 0 Å². The minimum atomic E-state index is 0.689. The average molecular weight is 236 g/mol. The van der Waals surface area contributed by atoms with Crippen molar-refractivity contribution in [2.45, 2.75) is 0 Å². The Labute approximate surface area is 104 Å². The molecule has 4 heteroatoms. The molecule has 0 fully saturated rings. The molecule has 1 heterocycles. The third-order valence-electron chi connectivity index (χ3n) is 2.63. The predicted molar refractivity (Wildman–Crippen MR) is 67.9 cm³/mol. The zero-order valence-corrected chi connectivity index (χ0v) is 9.99. The van der Waals surface area contributed by atoms with Gasteiger partial charge in [0.1, 0.15) is 0 Å². The summed E-state index contributed by atoms with van der Waals surface area (Å²) in [6.45, 7) is 0. The molecule has 0 atom stereocenters. The number of benzene rings is 2. The smallest absolute Gasteiger partial charge is 0.165 e. The minimum Gasteiger partial charge on any atom is -0.356 e. The molecule has 0 saturated heterocycles. The summed E-state index contributed by atoms with van der Waals surface area (Å²) < 4.78 is 0. The third-order valence-corrected chi connectivity index (χ3v) is 2.63. The molecule has 0 aliphatic carbocycles. The molecule has 0 aliphatic rings. The maximum absolute atomic E-state index is 4.56. The van der Waals surface area contributed by atoms with Crippen molar-refractivity contribution in [1.29, 1.82) is 0 Å². The fourth-order valence-corrected chi connectivity index (χ4v) is 1.83. The molecular weight excluding hydrogens is 224 g/mol.